The lowest BCUT2D eigenvalue weighted by atomic mass is 9.82. The molecule has 6 heteroatoms. The number of para-hydroxylation sites is 1. The molecule has 4 nitrogen and oxygen atoms in total. The molecule has 1 aromatic rings. The van der Waals surface area contributed by atoms with Gasteiger partial charge in [-0.15, -0.1) is 0 Å². The Kier molecular flexibility index (Phi) is 4.86. The minimum Gasteiger partial charge on any atom is -0.481 e. The zero-order chi connectivity index (χ0) is 14.8. The Labute approximate surface area is 134 Å². The molecule has 0 heterocycles. The average Bonchev–Trinajstić information content (AvgIpc) is 2.84. The first-order valence-corrected chi connectivity index (χ1v) is 8.00. The Bertz CT molecular complexity index is 519. The van der Waals surface area contributed by atoms with Crippen LogP contribution in [0, 0.1) is 5.41 Å². The summed E-state index contributed by atoms with van der Waals surface area (Å²) in [4.78, 5) is 23.6. The molecule has 0 aliphatic heterocycles. The van der Waals surface area contributed by atoms with Crippen LogP contribution in [0.3, 0.4) is 0 Å². The van der Waals surface area contributed by atoms with Crippen LogP contribution in [0.4, 0.5) is 5.69 Å². The number of carboxylic acid groups (broad SMARTS) is 1. The summed E-state index contributed by atoms with van der Waals surface area (Å²) in [6, 6.07) is 5.49. The smallest absolute Gasteiger partial charge is 0.310 e. The second-order valence-electron chi connectivity index (χ2n) is 5.11. The molecule has 0 bridgehead atoms. The largest absolute Gasteiger partial charge is 0.481 e. The number of hydrogen-bond donors (Lipinski definition) is 2. The van der Waals surface area contributed by atoms with E-state index in [2.05, 4.69) is 37.2 Å². The van der Waals surface area contributed by atoms with E-state index in [0.29, 0.717) is 18.5 Å². The van der Waals surface area contributed by atoms with Gasteiger partial charge in [-0.2, -0.15) is 0 Å². The van der Waals surface area contributed by atoms with Gasteiger partial charge in [0.05, 0.1) is 11.1 Å². The standard InChI is InChI=1S/C14H15Br2NO3/c15-9-4-3-5-10(16)12(9)17-11(18)8-14(13(19)20)6-1-2-7-14/h3-5H,1-2,6-8H2,(H,17,18)(H,19,20). The van der Waals surface area contributed by atoms with Gasteiger partial charge in [-0.3, -0.25) is 9.59 Å². The molecule has 0 saturated heterocycles. The Hall–Kier alpha value is -0.880. The zero-order valence-electron chi connectivity index (χ0n) is 10.8. The quantitative estimate of drug-likeness (QED) is 0.790. The first-order chi connectivity index (χ1) is 9.44. The van der Waals surface area contributed by atoms with Crippen molar-refractivity contribution in [2.45, 2.75) is 32.1 Å². The Balaban J connectivity index is 2.11. The second kappa shape index (κ2) is 6.26. The first-order valence-electron chi connectivity index (χ1n) is 6.42. The molecule has 1 amide bonds. The Morgan fingerprint density at radius 2 is 1.75 bits per heavy atom. The molecule has 1 saturated carbocycles. The number of halogens is 2. The first kappa shape index (κ1) is 15.5. The van der Waals surface area contributed by atoms with Crippen molar-refractivity contribution in [2.24, 2.45) is 5.41 Å². The van der Waals surface area contributed by atoms with E-state index < -0.39 is 11.4 Å². The lowest BCUT2D eigenvalue weighted by molar-refractivity contribution is -0.150. The fourth-order valence-electron chi connectivity index (χ4n) is 2.63. The highest BCUT2D eigenvalue weighted by molar-refractivity contribution is 9.11. The van der Waals surface area contributed by atoms with E-state index in [0.717, 1.165) is 21.8 Å². The van der Waals surface area contributed by atoms with E-state index in [4.69, 9.17) is 0 Å². The summed E-state index contributed by atoms with van der Waals surface area (Å²) in [5.74, 6) is -1.13. The van der Waals surface area contributed by atoms with Crippen molar-refractivity contribution in [3.05, 3.63) is 27.1 Å². The molecule has 108 valence electrons. The molecule has 20 heavy (non-hydrogen) atoms. The van der Waals surface area contributed by atoms with Crippen LogP contribution in [0.15, 0.2) is 27.1 Å². The maximum Gasteiger partial charge on any atom is 0.310 e. The van der Waals surface area contributed by atoms with E-state index in [1.165, 1.54) is 0 Å². The van der Waals surface area contributed by atoms with Gasteiger partial charge in [-0.05, 0) is 56.8 Å². The van der Waals surface area contributed by atoms with Crippen LogP contribution in [0.25, 0.3) is 0 Å². The third kappa shape index (κ3) is 3.23. The molecule has 1 fully saturated rings. The molecule has 0 aromatic heterocycles. The number of hydrogen-bond acceptors (Lipinski definition) is 2. The highest BCUT2D eigenvalue weighted by Gasteiger charge is 2.43. The summed E-state index contributed by atoms with van der Waals surface area (Å²) in [7, 11) is 0. The number of aliphatic carboxylic acids is 1. The summed E-state index contributed by atoms with van der Waals surface area (Å²) >= 11 is 6.74. The van der Waals surface area contributed by atoms with E-state index in [1.807, 2.05) is 18.2 Å². The lowest BCUT2D eigenvalue weighted by Crippen LogP contribution is -2.32. The third-order valence-corrected chi connectivity index (χ3v) is 5.06. The van der Waals surface area contributed by atoms with Crippen molar-refractivity contribution >= 4 is 49.4 Å². The summed E-state index contributed by atoms with van der Waals surface area (Å²) < 4.78 is 1.52. The van der Waals surface area contributed by atoms with Crippen molar-refractivity contribution in [1.82, 2.24) is 0 Å². The van der Waals surface area contributed by atoms with E-state index >= 15 is 0 Å². The summed E-state index contributed by atoms with van der Waals surface area (Å²) in [5.41, 5.74) is -0.256. The van der Waals surface area contributed by atoms with Crippen LogP contribution >= 0.6 is 31.9 Å². The second-order valence-corrected chi connectivity index (χ2v) is 6.82. The van der Waals surface area contributed by atoms with Crippen molar-refractivity contribution in [1.29, 1.82) is 0 Å². The predicted octanol–water partition coefficient (Wildman–Crippen LogP) is 4.19. The normalized spacial score (nSPS) is 16.9. The minimum atomic E-state index is -0.891. The van der Waals surface area contributed by atoms with Gasteiger partial charge >= 0.3 is 5.97 Å². The van der Waals surface area contributed by atoms with Crippen LogP contribution in [-0.4, -0.2) is 17.0 Å². The maximum atomic E-state index is 12.2. The highest BCUT2D eigenvalue weighted by Crippen LogP contribution is 2.42. The molecule has 2 N–H and O–H groups in total. The molecule has 1 aliphatic carbocycles. The summed E-state index contributed by atoms with van der Waals surface area (Å²) in [6.07, 6.45) is 2.92. The summed E-state index contributed by atoms with van der Waals surface area (Å²) in [6.45, 7) is 0. The molecule has 0 spiro atoms. The lowest BCUT2D eigenvalue weighted by Gasteiger charge is -2.23. The molecule has 0 radical (unpaired) electrons. The molecular formula is C14H15Br2NO3. The molecule has 0 unspecified atom stereocenters. The van der Waals surface area contributed by atoms with E-state index in [-0.39, 0.29) is 12.3 Å². The van der Waals surface area contributed by atoms with E-state index in [9.17, 15) is 14.7 Å². The van der Waals surface area contributed by atoms with Gasteiger partial charge in [0.25, 0.3) is 0 Å². The number of carbonyl (C=O) groups is 2. The van der Waals surface area contributed by atoms with Crippen molar-refractivity contribution in [2.75, 3.05) is 5.32 Å². The van der Waals surface area contributed by atoms with Crippen LogP contribution < -0.4 is 5.32 Å². The van der Waals surface area contributed by atoms with Crippen LogP contribution in [-0.2, 0) is 9.59 Å². The fourth-order valence-corrected chi connectivity index (χ4v) is 3.82. The van der Waals surface area contributed by atoms with Gasteiger partial charge in [0.2, 0.25) is 5.91 Å². The molecule has 2 rings (SSSR count). The molecule has 1 aliphatic rings. The van der Waals surface area contributed by atoms with Crippen molar-refractivity contribution < 1.29 is 14.7 Å². The van der Waals surface area contributed by atoms with E-state index in [1.54, 1.807) is 0 Å². The van der Waals surface area contributed by atoms with Crippen molar-refractivity contribution in [3.8, 4) is 0 Å². The van der Waals surface area contributed by atoms with Gasteiger partial charge in [0, 0.05) is 15.4 Å². The zero-order valence-corrected chi connectivity index (χ0v) is 14.0. The molecular weight excluding hydrogens is 390 g/mol. The fraction of sp³-hybridized carbons (Fsp3) is 0.429. The monoisotopic (exact) mass is 403 g/mol. The maximum absolute atomic E-state index is 12.2. The van der Waals surface area contributed by atoms with Gasteiger partial charge in [0.15, 0.2) is 0 Å². The summed E-state index contributed by atoms with van der Waals surface area (Å²) in [5, 5.41) is 12.2. The SMILES string of the molecule is O=C(CC1(C(=O)O)CCCC1)Nc1c(Br)cccc1Br. The van der Waals surface area contributed by atoms with Crippen LogP contribution in [0.2, 0.25) is 0 Å². The number of nitrogens with one attached hydrogen (secondary N) is 1. The van der Waals surface area contributed by atoms with Crippen molar-refractivity contribution in [3.63, 3.8) is 0 Å². The van der Waals surface area contributed by atoms with Gasteiger partial charge in [-0.1, -0.05) is 18.9 Å². The van der Waals surface area contributed by atoms with Gasteiger partial charge in [0.1, 0.15) is 0 Å². The number of rotatable bonds is 4. The Morgan fingerprint density at radius 1 is 1.20 bits per heavy atom. The van der Waals surface area contributed by atoms with Gasteiger partial charge < -0.3 is 10.4 Å². The van der Waals surface area contributed by atoms with Gasteiger partial charge in [-0.25, -0.2) is 0 Å². The number of amides is 1. The minimum absolute atomic E-state index is 0.0239. The predicted molar refractivity (Wildman–Crippen MR) is 83.6 cm³/mol. The highest BCUT2D eigenvalue weighted by atomic mass is 79.9. The van der Waals surface area contributed by atoms with Crippen LogP contribution in [0.5, 0.6) is 0 Å². The third-order valence-electron chi connectivity index (χ3n) is 3.74. The molecule has 0 atom stereocenters. The average molecular weight is 405 g/mol. The van der Waals surface area contributed by atoms with Crippen LogP contribution in [0.1, 0.15) is 32.1 Å². The number of carbonyl (C=O) groups excluding carboxylic acids is 1. The number of anilines is 1. The number of carboxylic acids is 1. The topological polar surface area (TPSA) is 66.4 Å². The molecule has 1 aromatic carbocycles. The number of benzene rings is 1. The Morgan fingerprint density at radius 3 is 2.25 bits per heavy atom.